The third-order valence-corrected chi connectivity index (χ3v) is 9.32. The van der Waals surface area contributed by atoms with Crippen LogP contribution in [0.4, 0.5) is 0 Å². The normalized spacial score (nSPS) is 13.4. The minimum atomic E-state index is -0.920. The molecule has 0 N–H and O–H groups in total. The van der Waals surface area contributed by atoms with Gasteiger partial charge in [0.2, 0.25) is 0 Å². The van der Waals surface area contributed by atoms with E-state index in [1.165, 1.54) is 12.1 Å². The van der Waals surface area contributed by atoms with Gasteiger partial charge in [0.25, 0.3) is 17.7 Å². The third kappa shape index (κ3) is 3.11. The Labute approximate surface area is 195 Å². The summed E-state index contributed by atoms with van der Waals surface area (Å²) in [4.78, 5) is 39.0. The minimum Gasteiger partial charge on any atom is -0.268 e. The van der Waals surface area contributed by atoms with E-state index < -0.39 is 17.7 Å². The standard InChI is InChI=1S/C15H2Br4Cl3NO3/c16-8-6-7(9(17)11(19)10(8)18)15(26)23(14(6)25)13(24)4-1-3(20)2-5(21)12(4)22/h1-2H. The molecule has 0 aliphatic carbocycles. The molecular weight excluding hydrogens is 668 g/mol. The number of rotatable bonds is 1. The van der Waals surface area contributed by atoms with Crippen LogP contribution >= 0.6 is 98.5 Å². The lowest BCUT2D eigenvalue weighted by Crippen LogP contribution is -2.36. The van der Waals surface area contributed by atoms with Crippen molar-refractivity contribution in [3.63, 3.8) is 0 Å². The predicted octanol–water partition coefficient (Wildman–Crippen LogP) is 7.13. The van der Waals surface area contributed by atoms with Crippen LogP contribution in [0.1, 0.15) is 31.1 Å². The lowest BCUT2D eigenvalue weighted by molar-refractivity contribution is 0.0566. The Morgan fingerprint density at radius 1 is 0.808 bits per heavy atom. The molecule has 134 valence electrons. The van der Waals surface area contributed by atoms with Crippen molar-refractivity contribution in [2.24, 2.45) is 0 Å². The zero-order valence-electron chi connectivity index (χ0n) is 12.0. The molecule has 1 aliphatic rings. The highest BCUT2D eigenvalue weighted by Crippen LogP contribution is 2.45. The van der Waals surface area contributed by atoms with Crippen molar-refractivity contribution in [2.75, 3.05) is 0 Å². The largest absolute Gasteiger partial charge is 0.269 e. The van der Waals surface area contributed by atoms with Gasteiger partial charge in [0.05, 0.1) is 26.7 Å². The first kappa shape index (κ1) is 20.8. The Bertz CT molecular complexity index is 995. The van der Waals surface area contributed by atoms with Gasteiger partial charge >= 0.3 is 0 Å². The molecule has 0 saturated heterocycles. The van der Waals surface area contributed by atoms with Gasteiger partial charge in [-0.3, -0.25) is 14.4 Å². The molecule has 1 aliphatic heterocycles. The average molecular weight is 670 g/mol. The molecular formula is C15H2Br4Cl3NO3. The van der Waals surface area contributed by atoms with E-state index in [0.717, 1.165) is 0 Å². The van der Waals surface area contributed by atoms with Crippen molar-refractivity contribution in [3.05, 3.63) is 61.8 Å². The third-order valence-electron chi connectivity index (χ3n) is 3.53. The smallest absolute Gasteiger partial charge is 0.268 e. The summed E-state index contributed by atoms with van der Waals surface area (Å²) in [6.45, 7) is 0. The van der Waals surface area contributed by atoms with E-state index in [1.54, 1.807) is 0 Å². The van der Waals surface area contributed by atoms with Gasteiger partial charge in [-0.2, -0.15) is 0 Å². The minimum absolute atomic E-state index is 0.0342. The fourth-order valence-electron chi connectivity index (χ4n) is 2.37. The monoisotopic (exact) mass is 665 g/mol. The summed E-state index contributed by atoms with van der Waals surface area (Å²) >= 11 is 31.1. The quantitative estimate of drug-likeness (QED) is 0.184. The van der Waals surface area contributed by atoms with Crippen LogP contribution in [0.15, 0.2) is 30.0 Å². The number of hydrogen-bond acceptors (Lipinski definition) is 3. The molecule has 4 nitrogen and oxygen atoms in total. The number of halogens is 7. The van der Waals surface area contributed by atoms with E-state index in [1.807, 2.05) is 0 Å². The molecule has 0 aromatic heterocycles. The summed E-state index contributed by atoms with van der Waals surface area (Å²) in [6, 6.07) is 2.60. The maximum absolute atomic E-state index is 12.9. The highest BCUT2D eigenvalue weighted by Gasteiger charge is 2.45. The Kier molecular flexibility index (Phi) is 5.96. The molecule has 0 spiro atoms. The Balaban J connectivity index is 2.20. The molecule has 2 aromatic carbocycles. The van der Waals surface area contributed by atoms with E-state index >= 15 is 0 Å². The van der Waals surface area contributed by atoms with Crippen LogP contribution in [0.2, 0.25) is 15.1 Å². The summed E-state index contributed by atoms with van der Waals surface area (Å²) in [5.74, 6) is -2.50. The lowest BCUT2D eigenvalue weighted by atomic mass is 10.1. The number of carbonyl (C=O) groups is 3. The predicted molar refractivity (Wildman–Crippen MR) is 114 cm³/mol. The number of fused-ring (bicyclic) bond motifs is 1. The van der Waals surface area contributed by atoms with Crippen LogP contribution in [0.25, 0.3) is 0 Å². The van der Waals surface area contributed by atoms with Gasteiger partial charge in [0.1, 0.15) is 0 Å². The van der Waals surface area contributed by atoms with E-state index in [2.05, 4.69) is 63.7 Å². The Hall–Kier alpha value is 0.0400. The number of nitrogens with zero attached hydrogens (tertiary/aromatic N) is 1. The molecule has 1 heterocycles. The van der Waals surface area contributed by atoms with Crippen molar-refractivity contribution in [2.45, 2.75) is 0 Å². The number of imide groups is 3. The first-order chi connectivity index (χ1) is 12.1. The Morgan fingerprint density at radius 2 is 1.27 bits per heavy atom. The molecule has 0 fully saturated rings. The number of hydrogen-bond donors (Lipinski definition) is 0. The van der Waals surface area contributed by atoms with E-state index in [-0.39, 0.29) is 31.8 Å². The SMILES string of the molecule is O=C(c1cc(Cl)cc(Cl)c1Cl)N1C(=O)c2c(Br)c(Br)c(Br)c(Br)c2C1=O. The number of benzene rings is 2. The number of amides is 3. The highest BCUT2D eigenvalue weighted by atomic mass is 79.9. The molecule has 26 heavy (non-hydrogen) atoms. The van der Waals surface area contributed by atoms with Gasteiger partial charge in [0, 0.05) is 22.9 Å². The summed E-state index contributed by atoms with van der Waals surface area (Å²) in [6.07, 6.45) is 0. The van der Waals surface area contributed by atoms with Crippen molar-refractivity contribution >= 4 is 116 Å². The topological polar surface area (TPSA) is 54.5 Å². The van der Waals surface area contributed by atoms with Crippen molar-refractivity contribution in [1.29, 1.82) is 0 Å². The second kappa shape index (κ2) is 7.46. The van der Waals surface area contributed by atoms with Crippen molar-refractivity contribution < 1.29 is 14.4 Å². The van der Waals surface area contributed by atoms with E-state index in [0.29, 0.717) is 22.8 Å². The fraction of sp³-hybridized carbons (Fsp3) is 0. The maximum Gasteiger partial charge on any atom is 0.269 e. The van der Waals surface area contributed by atoms with Gasteiger partial charge in [-0.15, -0.1) is 0 Å². The second-order valence-electron chi connectivity index (χ2n) is 5.01. The van der Waals surface area contributed by atoms with Crippen LogP contribution in [-0.4, -0.2) is 22.6 Å². The molecule has 11 heteroatoms. The Morgan fingerprint density at radius 3 is 1.73 bits per heavy atom. The maximum atomic E-state index is 12.9. The molecule has 0 saturated carbocycles. The number of carbonyl (C=O) groups excluding carboxylic acids is 3. The summed E-state index contributed by atoms with van der Waals surface area (Å²) in [5.41, 5.74) is -0.0480. The van der Waals surface area contributed by atoms with Gasteiger partial charge in [-0.05, 0) is 75.9 Å². The van der Waals surface area contributed by atoms with Crippen LogP contribution in [0.3, 0.4) is 0 Å². The lowest BCUT2D eigenvalue weighted by Gasteiger charge is -2.14. The van der Waals surface area contributed by atoms with Gasteiger partial charge in [-0.25, -0.2) is 4.90 Å². The van der Waals surface area contributed by atoms with Crippen LogP contribution in [0.5, 0.6) is 0 Å². The van der Waals surface area contributed by atoms with Crippen LogP contribution in [0, 0.1) is 0 Å². The highest BCUT2D eigenvalue weighted by molar-refractivity contribution is 9.15. The zero-order valence-corrected chi connectivity index (χ0v) is 20.6. The summed E-state index contributed by atoms with van der Waals surface area (Å²) in [7, 11) is 0. The summed E-state index contributed by atoms with van der Waals surface area (Å²) in [5, 5.41) is 0.0808. The first-order valence-corrected chi connectivity index (χ1v) is 10.8. The van der Waals surface area contributed by atoms with Crippen molar-refractivity contribution in [3.8, 4) is 0 Å². The van der Waals surface area contributed by atoms with Gasteiger partial charge in [0.15, 0.2) is 0 Å². The van der Waals surface area contributed by atoms with E-state index in [4.69, 9.17) is 34.8 Å². The van der Waals surface area contributed by atoms with Gasteiger partial charge < -0.3 is 0 Å². The zero-order chi connectivity index (χ0) is 19.5. The molecule has 3 rings (SSSR count). The summed E-state index contributed by atoms with van der Waals surface area (Å²) < 4.78 is 1.71. The first-order valence-electron chi connectivity index (χ1n) is 6.51. The van der Waals surface area contributed by atoms with Crippen LogP contribution < -0.4 is 0 Å². The van der Waals surface area contributed by atoms with E-state index in [9.17, 15) is 14.4 Å². The molecule has 3 amide bonds. The molecule has 0 radical (unpaired) electrons. The van der Waals surface area contributed by atoms with Gasteiger partial charge in [-0.1, -0.05) is 34.8 Å². The molecule has 0 unspecified atom stereocenters. The average Bonchev–Trinajstić information content (AvgIpc) is 2.84. The molecule has 0 bridgehead atoms. The fourth-order valence-corrected chi connectivity index (χ4v) is 5.51. The second-order valence-corrected chi connectivity index (χ2v) is 9.40. The van der Waals surface area contributed by atoms with Crippen LogP contribution in [-0.2, 0) is 0 Å². The van der Waals surface area contributed by atoms with Crippen molar-refractivity contribution in [1.82, 2.24) is 4.90 Å². The molecule has 0 atom stereocenters. The molecule has 2 aromatic rings.